The van der Waals surface area contributed by atoms with Gasteiger partial charge >= 0.3 is 0 Å². The second kappa shape index (κ2) is 6.22. The van der Waals surface area contributed by atoms with Gasteiger partial charge in [-0.2, -0.15) is 8.75 Å². The third-order valence-electron chi connectivity index (χ3n) is 2.75. The summed E-state index contributed by atoms with van der Waals surface area (Å²) in [5, 5.41) is 3.45. The van der Waals surface area contributed by atoms with E-state index in [2.05, 4.69) is 14.1 Å². The Hall–Kier alpha value is -0.950. The van der Waals surface area contributed by atoms with E-state index in [0.29, 0.717) is 39.1 Å². The molecular formula is C12H14Cl2N4OS. The summed E-state index contributed by atoms with van der Waals surface area (Å²) in [6, 6.07) is 0.944. The maximum atomic E-state index is 12.1. The second-order valence-corrected chi connectivity index (χ2v) is 6.24. The van der Waals surface area contributed by atoms with Gasteiger partial charge < -0.3 is 11.1 Å². The molecule has 1 aromatic heterocycles. The number of aromatic nitrogens is 2. The molecule has 0 aliphatic carbocycles. The van der Waals surface area contributed by atoms with Crippen LogP contribution in [-0.2, 0) is 4.79 Å². The molecular weight excluding hydrogens is 319 g/mol. The van der Waals surface area contributed by atoms with E-state index in [1.165, 1.54) is 6.07 Å². The quantitative estimate of drug-likeness (QED) is 0.899. The van der Waals surface area contributed by atoms with E-state index in [1.807, 2.05) is 13.8 Å². The number of nitrogens with zero attached hydrogens (tertiary/aromatic N) is 2. The molecule has 2 aromatic rings. The standard InChI is InChI=1S/C12H14Cl2N4OS/c1-5(2)3-8(15)12(19)16-9-6(13)4-7(14)10-11(9)18-20-17-10/h4-5,8H,3,15H2,1-2H3,(H,16,19). The smallest absolute Gasteiger partial charge is 0.241 e. The third kappa shape index (κ3) is 3.20. The molecule has 0 bridgehead atoms. The van der Waals surface area contributed by atoms with Gasteiger partial charge in [0, 0.05) is 0 Å². The zero-order valence-corrected chi connectivity index (χ0v) is 13.3. The zero-order valence-electron chi connectivity index (χ0n) is 11.0. The number of fused-ring (bicyclic) bond motifs is 1. The van der Waals surface area contributed by atoms with Crippen molar-refractivity contribution in [3.8, 4) is 0 Å². The van der Waals surface area contributed by atoms with Crippen molar-refractivity contribution in [1.82, 2.24) is 8.75 Å². The Morgan fingerprint density at radius 3 is 2.65 bits per heavy atom. The van der Waals surface area contributed by atoms with Crippen LogP contribution < -0.4 is 11.1 Å². The highest BCUT2D eigenvalue weighted by Crippen LogP contribution is 2.35. The SMILES string of the molecule is CC(C)CC(N)C(=O)Nc1c(Cl)cc(Cl)c2nsnc12. The van der Waals surface area contributed by atoms with Gasteiger partial charge in [0.05, 0.1) is 33.5 Å². The summed E-state index contributed by atoms with van der Waals surface area (Å²) < 4.78 is 8.20. The highest BCUT2D eigenvalue weighted by Gasteiger charge is 2.20. The van der Waals surface area contributed by atoms with E-state index in [-0.39, 0.29) is 5.91 Å². The molecule has 1 atom stereocenters. The molecule has 0 saturated heterocycles. The molecule has 0 aliphatic rings. The maximum absolute atomic E-state index is 12.1. The summed E-state index contributed by atoms with van der Waals surface area (Å²) in [7, 11) is 0. The highest BCUT2D eigenvalue weighted by molar-refractivity contribution is 7.00. The Balaban J connectivity index is 2.30. The van der Waals surface area contributed by atoms with Gasteiger partial charge in [0.25, 0.3) is 0 Å². The van der Waals surface area contributed by atoms with Crippen LogP contribution in [0.1, 0.15) is 20.3 Å². The van der Waals surface area contributed by atoms with Crippen molar-refractivity contribution in [3.63, 3.8) is 0 Å². The summed E-state index contributed by atoms with van der Waals surface area (Å²) in [4.78, 5) is 12.1. The fraction of sp³-hybridized carbons (Fsp3) is 0.417. The van der Waals surface area contributed by atoms with Crippen LogP contribution in [0, 0.1) is 5.92 Å². The van der Waals surface area contributed by atoms with Crippen molar-refractivity contribution in [3.05, 3.63) is 16.1 Å². The van der Waals surface area contributed by atoms with Crippen LogP contribution in [0.15, 0.2) is 6.07 Å². The Labute approximate surface area is 130 Å². The van der Waals surface area contributed by atoms with E-state index in [9.17, 15) is 4.79 Å². The number of anilines is 1. The Morgan fingerprint density at radius 1 is 1.35 bits per heavy atom. The van der Waals surface area contributed by atoms with Crippen molar-refractivity contribution in [2.45, 2.75) is 26.3 Å². The molecule has 0 radical (unpaired) electrons. The number of carbonyl (C=O) groups is 1. The molecule has 8 heteroatoms. The van der Waals surface area contributed by atoms with Gasteiger partial charge in [-0.15, -0.1) is 0 Å². The molecule has 0 saturated carbocycles. The molecule has 2 rings (SSSR count). The van der Waals surface area contributed by atoms with Crippen LogP contribution >= 0.6 is 34.9 Å². The number of benzene rings is 1. The van der Waals surface area contributed by atoms with Gasteiger partial charge in [-0.05, 0) is 18.4 Å². The first kappa shape index (κ1) is 15.4. The molecule has 1 unspecified atom stereocenters. The fourth-order valence-electron chi connectivity index (χ4n) is 1.82. The molecule has 1 amide bonds. The lowest BCUT2D eigenvalue weighted by molar-refractivity contribution is -0.117. The largest absolute Gasteiger partial charge is 0.322 e. The minimum Gasteiger partial charge on any atom is -0.322 e. The number of hydrogen-bond acceptors (Lipinski definition) is 5. The first-order valence-electron chi connectivity index (χ1n) is 6.07. The molecule has 1 aromatic carbocycles. The number of nitrogens with two attached hydrogens (primary N) is 1. The van der Waals surface area contributed by atoms with E-state index < -0.39 is 6.04 Å². The third-order valence-corrected chi connectivity index (χ3v) is 3.87. The van der Waals surface area contributed by atoms with E-state index in [0.717, 1.165) is 11.7 Å². The summed E-state index contributed by atoms with van der Waals surface area (Å²) in [6.45, 7) is 4.01. The van der Waals surface area contributed by atoms with E-state index >= 15 is 0 Å². The van der Waals surface area contributed by atoms with Gasteiger partial charge in [-0.1, -0.05) is 37.0 Å². The van der Waals surface area contributed by atoms with Crippen LogP contribution in [0.4, 0.5) is 5.69 Å². The topological polar surface area (TPSA) is 80.9 Å². The second-order valence-electron chi connectivity index (χ2n) is 4.90. The van der Waals surface area contributed by atoms with Crippen LogP contribution in [0.25, 0.3) is 11.0 Å². The average Bonchev–Trinajstić information content (AvgIpc) is 2.82. The van der Waals surface area contributed by atoms with Crippen LogP contribution in [-0.4, -0.2) is 20.7 Å². The fourth-order valence-corrected chi connectivity index (χ4v) is 2.98. The highest BCUT2D eigenvalue weighted by atomic mass is 35.5. The van der Waals surface area contributed by atoms with E-state index in [1.54, 1.807) is 0 Å². The molecule has 0 aliphatic heterocycles. The number of nitrogens with one attached hydrogen (secondary N) is 1. The summed E-state index contributed by atoms with van der Waals surface area (Å²) in [6.07, 6.45) is 0.593. The predicted molar refractivity (Wildman–Crippen MR) is 83.5 cm³/mol. The predicted octanol–water partition coefficient (Wildman–Crippen LogP) is 3.31. The van der Waals surface area contributed by atoms with Crippen LogP contribution in [0.2, 0.25) is 10.0 Å². The van der Waals surface area contributed by atoms with Crippen LogP contribution in [0.5, 0.6) is 0 Å². The molecule has 1 heterocycles. The van der Waals surface area contributed by atoms with Crippen molar-refractivity contribution in [2.75, 3.05) is 5.32 Å². The summed E-state index contributed by atoms with van der Waals surface area (Å²) in [5.41, 5.74) is 7.26. The van der Waals surface area contributed by atoms with Gasteiger partial charge in [0.15, 0.2) is 0 Å². The van der Waals surface area contributed by atoms with Crippen molar-refractivity contribution in [2.24, 2.45) is 11.7 Å². The van der Waals surface area contributed by atoms with E-state index in [4.69, 9.17) is 28.9 Å². The average molecular weight is 333 g/mol. The maximum Gasteiger partial charge on any atom is 0.241 e. The van der Waals surface area contributed by atoms with Crippen molar-refractivity contribution in [1.29, 1.82) is 0 Å². The minimum absolute atomic E-state index is 0.294. The number of carbonyl (C=O) groups excluding carboxylic acids is 1. The number of halogens is 2. The van der Waals surface area contributed by atoms with Gasteiger partial charge in [0.2, 0.25) is 5.91 Å². The lowest BCUT2D eigenvalue weighted by Gasteiger charge is -2.15. The normalized spacial score (nSPS) is 12.9. The number of amides is 1. The first-order valence-corrected chi connectivity index (χ1v) is 7.55. The van der Waals surface area contributed by atoms with Crippen molar-refractivity contribution < 1.29 is 4.79 Å². The molecule has 108 valence electrons. The lowest BCUT2D eigenvalue weighted by atomic mass is 10.0. The Kier molecular flexibility index (Phi) is 4.80. The zero-order chi connectivity index (χ0) is 14.9. The summed E-state index contributed by atoms with van der Waals surface area (Å²) >= 11 is 13.2. The van der Waals surface area contributed by atoms with Gasteiger partial charge in [-0.25, -0.2) is 0 Å². The number of hydrogen-bond donors (Lipinski definition) is 2. The molecule has 3 N–H and O–H groups in total. The lowest BCUT2D eigenvalue weighted by Crippen LogP contribution is -2.36. The van der Waals surface area contributed by atoms with Crippen molar-refractivity contribution >= 4 is 57.6 Å². The Bertz CT molecular complexity index is 644. The molecule has 0 fully saturated rings. The first-order chi connectivity index (χ1) is 9.40. The summed E-state index contributed by atoms with van der Waals surface area (Å²) in [5.74, 6) is 0.0367. The number of rotatable bonds is 4. The molecule has 20 heavy (non-hydrogen) atoms. The molecule has 5 nitrogen and oxygen atoms in total. The minimum atomic E-state index is -0.594. The molecule has 0 spiro atoms. The van der Waals surface area contributed by atoms with Gasteiger partial charge in [-0.3, -0.25) is 4.79 Å². The van der Waals surface area contributed by atoms with Crippen LogP contribution in [0.3, 0.4) is 0 Å². The van der Waals surface area contributed by atoms with Gasteiger partial charge in [0.1, 0.15) is 11.0 Å². The monoisotopic (exact) mass is 332 g/mol. The Morgan fingerprint density at radius 2 is 2.00 bits per heavy atom.